The molecule has 0 aromatic heterocycles. The highest BCUT2D eigenvalue weighted by molar-refractivity contribution is 5.81. The molecule has 1 amide bonds. The molecule has 2 fully saturated rings. The summed E-state index contributed by atoms with van der Waals surface area (Å²) in [6.45, 7) is 3.19. The fourth-order valence-electron chi connectivity index (χ4n) is 2.48. The van der Waals surface area contributed by atoms with Gasteiger partial charge in [-0.15, -0.1) is 0 Å². The standard InChI is InChI=1S/C12H22N2O3/c1-16-12(4-6-13-7-5-12)9-14-11(15)10-3-2-8-17-10/h10,13H,2-9H2,1H3,(H,14,15)/t10-/m0/s1. The molecule has 0 spiro atoms. The van der Waals surface area contributed by atoms with E-state index in [-0.39, 0.29) is 17.6 Å². The van der Waals surface area contributed by atoms with Crippen LogP contribution in [-0.2, 0) is 14.3 Å². The Morgan fingerprint density at radius 1 is 1.53 bits per heavy atom. The Hall–Kier alpha value is -0.650. The SMILES string of the molecule is COC1(CNC(=O)[C@@H]2CCCO2)CCNCC1. The molecule has 5 heteroatoms. The van der Waals surface area contributed by atoms with Crippen molar-refractivity contribution in [3.05, 3.63) is 0 Å². The summed E-state index contributed by atoms with van der Waals surface area (Å²) in [5, 5.41) is 6.27. The largest absolute Gasteiger partial charge is 0.376 e. The van der Waals surface area contributed by atoms with Crippen molar-refractivity contribution in [3.8, 4) is 0 Å². The molecule has 0 unspecified atom stereocenters. The van der Waals surface area contributed by atoms with Crippen molar-refractivity contribution in [2.75, 3.05) is 33.4 Å². The van der Waals surface area contributed by atoms with Gasteiger partial charge < -0.3 is 20.1 Å². The van der Waals surface area contributed by atoms with Crippen molar-refractivity contribution < 1.29 is 14.3 Å². The Kier molecular flexibility index (Phi) is 4.36. The van der Waals surface area contributed by atoms with Crippen molar-refractivity contribution in [2.24, 2.45) is 0 Å². The van der Waals surface area contributed by atoms with Crippen molar-refractivity contribution in [1.82, 2.24) is 10.6 Å². The average molecular weight is 242 g/mol. The molecule has 0 radical (unpaired) electrons. The zero-order chi connectivity index (χ0) is 12.1. The van der Waals surface area contributed by atoms with E-state index in [1.807, 2.05) is 0 Å². The van der Waals surface area contributed by atoms with E-state index in [0.717, 1.165) is 38.8 Å². The lowest BCUT2D eigenvalue weighted by Gasteiger charge is -2.36. The van der Waals surface area contributed by atoms with Gasteiger partial charge in [-0.2, -0.15) is 0 Å². The lowest BCUT2D eigenvalue weighted by atomic mass is 9.92. The molecule has 17 heavy (non-hydrogen) atoms. The van der Waals surface area contributed by atoms with Crippen LogP contribution in [0.25, 0.3) is 0 Å². The monoisotopic (exact) mass is 242 g/mol. The molecule has 0 saturated carbocycles. The van der Waals surface area contributed by atoms with E-state index in [1.165, 1.54) is 0 Å². The van der Waals surface area contributed by atoms with E-state index in [4.69, 9.17) is 9.47 Å². The van der Waals surface area contributed by atoms with Gasteiger partial charge in [-0.25, -0.2) is 0 Å². The molecule has 5 nitrogen and oxygen atoms in total. The number of piperidine rings is 1. The smallest absolute Gasteiger partial charge is 0.249 e. The molecule has 0 aliphatic carbocycles. The van der Waals surface area contributed by atoms with E-state index >= 15 is 0 Å². The number of hydrogen-bond acceptors (Lipinski definition) is 4. The Morgan fingerprint density at radius 2 is 2.29 bits per heavy atom. The average Bonchev–Trinajstić information content (AvgIpc) is 2.91. The second-order valence-electron chi connectivity index (χ2n) is 4.86. The minimum Gasteiger partial charge on any atom is -0.376 e. The molecule has 2 aliphatic heterocycles. The summed E-state index contributed by atoms with van der Waals surface area (Å²) in [6.07, 6.45) is 3.46. The summed E-state index contributed by atoms with van der Waals surface area (Å²) in [7, 11) is 1.73. The van der Waals surface area contributed by atoms with Gasteiger partial charge >= 0.3 is 0 Å². The van der Waals surface area contributed by atoms with Crippen molar-refractivity contribution >= 4 is 5.91 Å². The minimum absolute atomic E-state index is 0.0115. The fraction of sp³-hybridized carbons (Fsp3) is 0.917. The Balaban J connectivity index is 1.80. The maximum Gasteiger partial charge on any atom is 0.249 e. The lowest BCUT2D eigenvalue weighted by Crippen LogP contribution is -2.52. The van der Waals surface area contributed by atoms with Gasteiger partial charge in [-0.1, -0.05) is 0 Å². The van der Waals surface area contributed by atoms with E-state index in [0.29, 0.717) is 13.2 Å². The van der Waals surface area contributed by atoms with Crippen LogP contribution in [0.1, 0.15) is 25.7 Å². The van der Waals surface area contributed by atoms with Crippen LogP contribution in [0, 0.1) is 0 Å². The molecule has 0 aromatic carbocycles. The van der Waals surface area contributed by atoms with Gasteiger partial charge in [0.25, 0.3) is 0 Å². The fourth-order valence-corrected chi connectivity index (χ4v) is 2.48. The predicted molar refractivity (Wildman–Crippen MR) is 63.8 cm³/mol. The molecule has 0 bridgehead atoms. The van der Waals surface area contributed by atoms with Crippen LogP contribution >= 0.6 is 0 Å². The number of rotatable bonds is 4. The third-order valence-electron chi connectivity index (χ3n) is 3.75. The Labute approximate surface area is 102 Å². The lowest BCUT2D eigenvalue weighted by molar-refractivity contribution is -0.132. The van der Waals surface area contributed by atoms with E-state index in [1.54, 1.807) is 7.11 Å². The summed E-state index contributed by atoms with van der Waals surface area (Å²) < 4.78 is 11.0. The first-order valence-corrected chi connectivity index (χ1v) is 6.41. The zero-order valence-corrected chi connectivity index (χ0v) is 10.5. The number of methoxy groups -OCH3 is 1. The van der Waals surface area contributed by atoms with Crippen LogP contribution in [0.3, 0.4) is 0 Å². The van der Waals surface area contributed by atoms with Crippen LogP contribution in [0.4, 0.5) is 0 Å². The summed E-state index contributed by atoms with van der Waals surface area (Å²) >= 11 is 0. The number of ether oxygens (including phenoxy) is 2. The highest BCUT2D eigenvalue weighted by atomic mass is 16.5. The van der Waals surface area contributed by atoms with E-state index in [2.05, 4.69) is 10.6 Å². The van der Waals surface area contributed by atoms with Gasteiger partial charge in [-0.3, -0.25) is 4.79 Å². The molecule has 1 atom stereocenters. The third-order valence-corrected chi connectivity index (χ3v) is 3.75. The molecule has 0 aromatic rings. The Morgan fingerprint density at radius 3 is 2.88 bits per heavy atom. The van der Waals surface area contributed by atoms with E-state index in [9.17, 15) is 4.79 Å². The number of hydrogen-bond donors (Lipinski definition) is 2. The van der Waals surface area contributed by atoms with Crippen LogP contribution < -0.4 is 10.6 Å². The first-order valence-electron chi connectivity index (χ1n) is 6.41. The summed E-state index contributed by atoms with van der Waals surface area (Å²) in [6, 6.07) is 0. The Bertz CT molecular complexity index is 258. The minimum atomic E-state index is -0.245. The van der Waals surface area contributed by atoms with Gasteiger partial charge in [0.1, 0.15) is 6.10 Å². The first kappa shape index (κ1) is 12.8. The maximum absolute atomic E-state index is 11.8. The van der Waals surface area contributed by atoms with Crippen molar-refractivity contribution in [2.45, 2.75) is 37.4 Å². The van der Waals surface area contributed by atoms with Gasteiger partial charge in [-0.05, 0) is 38.8 Å². The second-order valence-corrected chi connectivity index (χ2v) is 4.86. The van der Waals surface area contributed by atoms with Crippen LogP contribution in [0.5, 0.6) is 0 Å². The number of amides is 1. The van der Waals surface area contributed by atoms with Crippen LogP contribution in [-0.4, -0.2) is 51.0 Å². The second kappa shape index (κ2) is 5.80. The number of carbonyl (C=O) groups is 1. The summed E-state index contributed by atoms with van der Waals surface area (Å²) in [5.41, 5.74) is -0.195. The number of nitrogens with one attached hydrogen (secondary N) is 2. The predicted octanol–water partition coefficient (Wildman–Crippen LogP) is 0.0502. The normalized spacial score (nSPS) is 27.9. The molecule has 2 rings (SSSR count). The van der Waals surface area contributed by atoms with E-state index < -0.39 is 0 Å². The third kappa shape index (κ3) is 3.18. The molecular weight excluding hydrogens is 220 g/mol. The summed E-state index contributed by atoms with van der Waals surface area (Å²) in [4.78, 5) is 11.8. The number of carbonyl (C=O) groups excluding carboxylic acids is 1. The maximum atomic E-state index is 11.8. The summed E-state index contributed by atoms with van der Waals surface area (Å²) in [5.74, 6) is 0.0115. The molecule has 2 N–H and O–H groups in total. The topological polar surface area (TPSA) is 59.6 Å². The molecule has 2 heterocycles. The quantitative estimate of drug-likeness (QED) is 0.731. The van der Waals surface area contributed by atoms with Crippen LogP contribution in [0.2, 0.25) is 0 Å². The molecule has 2 aliphatic rings. The van der Waals surface area contributed by atoms with Crippen LogP contribution in [0.15, 0.2) is 0 Å². The molecule has 2 saturated heterocycles. The van der Waals surface area contributed by atoms with Crippen molar-refractivity contribution in [3.63, 3.8) is 0 Å². The van der Waals surface area contributed by atoms with Gasteiger partial charge in [0.2, 0.25) is 5.91 Å². The highest BCUT2D eigenvalue weighted by Crippen LogP contribution is 2.21. The van der Waals surface area contributed by atoms with Gasteiger partial charge in [0.05, 0.1) is 5.60 Å². The first-order chi connectivity index (χ1) is 8.26. The van der Waals surface area contributed by atoms with Gasteiger partial charge in [0.15, 0.2) is 0 Å². The zero-order valence-electron chi connectivity index (χ0n) is 10.5. The highest BCUT2D eigenvalue weighted by Gasteiger charge is 2.33. The van der Waals surface area contributed by atoms with Gasteiger partial charge in [0, 0.05) is 20.3 Å². The molecule has 98 valence electrons. The van der Waals surface area contributed by atoms with Crippen molar-refractivity contribution in [1.29, 1.82) is 0 Å². The molecular formula is C12H22N2O3.